The summed E-state index contributed by atoms with van der Waals surface area (Å²) in [5.74, 6) is -0.0218. The summed E-state index contributed by atoms with van der Waals surface area (Å²) in [5, 5.41) is 2.85. The number of aryl methyl sites for hydroxylation is 1. The number of hydrogen-bond donors (Lipinski definition) is 2. The van der Waals surface area contributed by atoms with Gasteiger partial charge >= 0.3 is 0 Å². The van der Waals surface area contributed by atoms with Gasteiger partial charge in [-0.15, -0.1) is 0 Å². The van der Waals surface area contributed by atoms with E-state index < -0.39 is 10.0 Å². The molecule has 24 heavy (non-hydrogen) atoms. The summed E-state index contributed by atoms with van der Waals surface area (Å²) in [5.41, 5.74) is 1.18. The van der Waals surface area contributed by atoms with Crippen LogP contribution in [0.5, 0.6) is 5.75 Å². The van der Waals surface area contributed by atoms with Crippen molar-refractivity contribution in [1.29, 1.82) is 0 Å². The lowest BCUT2D eigenvalue weighted by molar-refractivity contribution is 0.0962. The van der Waals surface area contributed by atoms with E-state index in [9.17, 15) is 13.2 Å². The second-order valence-corrected chi connectivity index (χ2v) is 7.12. The second kappa shape index (κ2) is 7.11. The SMILES string of the molecule is CNC(=O)c1cc(S(=O)(=O)Nc2cc(Cl)ccc2OC)ccc1C. The number of nitrogens with one attached hydrogen (secondary N) is 2. The Morgan fingerprint density at radius 2 is 1.88 bits per heavy atom. The van der Waals surface area contributed by atoms with Crippen LogP contribution in [0, 0.1) is 6.92 Å². The van der Waals surface area contributed by atoms with Crippen LogP contribution in [0.3, 0.4) is 0 Å². The van der Waals surface area contributed by atoms with Crippen molar-refractivity contribution < 1.29 is 17.9 Å². The Balaban J connectivity index is 2.45. The Hall–Kier alpha value is -2.25. The lowest BCUT2D eigenvalue weighted by Gasteiger charge is -2.13. The van der Waals surface area contributed by atoms with Crippen molar-refractivity contribution in [1.82, 2.24) is 5.32 Å². The zero-order valence-corrected chi connectivity index (χ0v) is 15.0. The van der Waals surface area contributed by atoms with Gasteiger partial charge in [0.2, 0.25) is 0 Å². The molecule has 0 fully saturated rings. The summed E-state index contributed by atoms with van der Waals surface area (Å²) in [6, 6.07) is 8.94. The Kier molecular flexibility index (Phi) is 5.36. The highest BCUT2D eigenvalue weighted by atomic mass is 35.5. The number of amides is 1. The molecule has 0 aliphatic rings. The topological polar surface area (TPSA) is 84.5 Å². The molecular weight excluding hydrogens is 352 g/mol. The van der Waals surface area contributed by atoms with E-state index in [-0.39, 0.29) is 16.5 Å². The summed E-state index contributed by atoms with van der Waals surface area (Å²) < 4.78 is 32.8. The fourth-order valence-electron chi connectivity index (χ4n) is 2.11. The largest absolute Gasteiger partial charge is 0.495 e. The second-order valence-electron chi connectivity index (χ2n) is 5.01. The molecule has 2 aromatic rings. The lowest BCUT2D eigenvalue weighted by Crippen LogP contribution is -2.20. The first-order chi connectivity index (χ1) is 11.3. The van der Waals surface area contributed by atoms with Crippen LogP contribution in [0.15, 0.2) is 41.3 Å². The fourth-order valence-corrected chi connectivity index (χ4v) is 3.37. The van der Waals surface area contributed by atoms with E-state index >= 15 is 0 Å². The van der Waals surface area contributed by atoms with E-state index in [2.05, 4.69) is 10.0 Å². The van der Waals surface area contributed by atoms with Crippen molar-refractivity contribution in [3.05, 3.63) is 52.5 Å². The van der Waals surface area contributed by atoms with Gasteiger partial charge in [-0.3, -0.25) is 9.52 Å². The van der Waals surface area contributed by atoms with Gasteiger partial charge in [0.05, 0.1) is 17.7 Å². The van der Waals surface area contributed by atoms with Crippen LogP contribution < -0.4 is 14.8 Å². The highest BCUT2D eigenvalue weighted by Gasteiger charge is 2.19. The molecule has 0 radical (unpaired) electrons. The number of anilines is 1. The predicted octanol–water partition coefficient (Wildman–Crippen LogP) is 2.82. The number of benzene rings is 2. The molecule has 0 aromatic heterocycles. The maximum absolute atomic E-state index is 12.6. The first-order valence-electron chi connectivity index (χ1n) is 6.97. The number of rotatable bonds is 5. The van der Waals surface area contributed by atoms with Crippen LogP contribution in [0.2, 0.25) is 5.02 Å². The maximum atomic E-state index is 12.6. The van der Waals surface area contributed by atoms with Crippen LogP contribution >= 0.6 is 11.6 Å². The molecular formula is C16H17ClN2O4S. The van der Waals surface area contributed by atoms with E-state index in [1.807, 2.05) is 0 Å². The van der Waals surface area contributed by atoms with Gasteiger partial charge in [0.15, 0.2) is 0 Å². The van der Waals surface area contributed by atoms with Gasteiger partial charge in [0.1, 0.15) is 5.75 Å². The van der Waals surface area contributed by atoms with Crippen molar-refractivity contribution >= 4 is 33.2 Å². The highest BCUT2D eigenvalue weighted by molar-refractivity contribution is 7.92. The molecule has 0 spiro atoms. The number of hydrogen-bond acceptors (Lipinski definition) is 4. The number of ether oxygens (including phenoxy) is 1. The van der Waals surface area contributed by atoms with Gasteiger partial charge in [0.25, 0.3) is 15.9 Å². The average Bonchev–Trinajstić information content (AvgIpc) is 2.54. The minimum absolute atomic E-state index is 0.0336. The third-order valence-corrected chi connectivity index (χ3v) is 5.00. The molecule has 2 aromatic carbocycles. The molecule has 128 valence electrons. The lowest BCUT2D eigenvalue weighted by atomic mass is 10.1. The minimum atomic E-state index is -3.91. The van der Waals surface area contributed by atoms with Gasteiger partial charge in [-0.25, -0.2) is 8.42 Å². The molecule has 2 N–H and O–H groups in total. The summed E-state index contributed by atoms with van der Waals surface area (Å²) in [4.78, 5) is 11.8. The van der Waals surface area contributed by atoms with Gasteiger partial charge in [0, 0.05) is 17.6 Å². The fraction of sp³-hybridized carbons (Fsp3) is 0.188. The maximum Gasteiger partial charge on any atom is 0.262 e. The molecule has 0 unspecified atom stereocenters. The van der Waals surface area contributed by atoms with Gasteiger partial charge in [-0.1, -0.05) is 17.7 Å². The monoisotopic (exact) mass is 368 g/mol. The smallest absolute Gasteiger partial charge is 0.262 e. The highest BCUT2D eigenvalue weighted by Crippen LogP contribution is 2.30. The molecule has 0 saturated heterocycles. The van der Waals surface area contributed by atoms with Crippen LogP contribution in [0.25, 0.3) is 0 Å². The van der Waals surface area contributed by atoms with Gasteiger partial charge in [-0.2, -0.15) is 0 Å². The molecule has 8 heteroatoms. The quantitative estimate of drug-likeness (QED) is 0.849. The van der Waals surface area contributed by atoms with Crippen molar-refractivity contribution in [2.24, 2.45) is 0 Å². The zero-order valence-electron chi connectivity index (χ0n) is 13.4. The Labute approximate surface area is 145 Å². The molecule has 0 saturated carbocycles. The van der Waals surface area contributed by atoms with Crippen LogP contribution in [0.4, 0.5) is 5.69 Å². The molecule has 2 rings (SSSR count). The van der Waals surface area contributed by atoms with E-state index in [0.717, 1.165) is 0 Å². The number of sulfonamides is 1. The molecule has 0 aliphatic carbocycles. The molecule has 6 nitrogen and oxygen atoms in total. The summed E-state index contributed by atoms with van der Waals surface area (Å²) in [6.45, 7) is 1.73. The van der Waals surface area contributed by atoms with Crippen molar-refractivity contribution in [2.45, 2.75) is 11.8 Å². The molecule has 0 aliphatic heterocycles. The third-order valence-electron chi connectivity index (χ3n) is 3.40. The van der Waals surface area contributed by atoms with Crippen molar-refractivity contribution in [3.63, 3.8) is 0 Å². The number of halogens is 1. The van der Waals surface area contributed by atoms with E-state index in [4.69, 9.17) is 16.3 Å². The van der Waals surface area contributed by atoms with Crippen LogP contribution in [-0.4, -0.2) is 28.5 Å². The Morgan fingerprint density at radius 1 is 1.17 bits per heavy atom. The number of carbonyl (C=O) groups excluding carboxylic acids is 1. The molecule has 0 atom stereocenters. The van der Waals surface area contributed by atoms with Gasteiger partial charge in [-0.05, 0) is 42.8 Å². The summed E-state index contributed by atoms with van der Waals surface area (Å²) in [6.07, 6.45) is 0. The third kappa shape index (κ3) is 3.80. The van der Waals surface area contributed by atoms with Crippen LogP contribution in [0.1, 0.15) is 15.9 Å². The Bertz CT molecular complexity index is 882. The molecule has 0 heterocycles. The van der Waals surface area contributed by atoms with Crippen molar-refractivity contribution in [2.75, 3.05) is 18.9 Å². The molecule has 1 amide bonds. The minimum Gasteiger partial charge on any atom is -0.495 e. The standard InChI is InChI=1S/C16H17ClN2O4S/c1-10-4-6-12(9-13(10)16(20)18-2)24(21,22)19-14-8-11(17)5-7-15(14)23-3/h4-9,19H,1-3H3,(H,18,20). The molecule has 0 bridgehead atoms. The predicted molar refractivity (Wildman–Crippen MR) is 93.4 cm³/mol. The first-order valence-corrected chi connectivity index (χ1v) is 8.83. The number of carbonyl (C=O) groups is 1. The first kappa shape index (κ1) is 18.1. The summed E-state index contributed by atoms with van der Waals surface area (Å²) in [7, 11) is -1.00. The van der Waals surface area contributed by atoms with Crippen LogP contribution in [-0.2, 0) is 10.0 Å². The van der Waals surface area contributed by atoms with Crippen molar-refractivity contribution in [3.8, 4) is 5.75 Å². The zero-order chi connectivity index (χ0) is 17.9. The van der Waals surface area contributed by atoms with Gasteiger partial charge < -0.3 is 10.1 Å². The van der Waals surface area contributed by atoms with E-state index in [1.165, 1.54) is 32.4 Å². The van der Waals surface area contributed by atoms with E-state index in [1.54, 1.807) is 25.1 Å². The van der Waals surface area contributed by atoms with E-state index in [0.29, 0.717) is 21.9 Å². The average molecular weight is 369 g/mol. The Morgan fingerprint density at radius 3 is 2.50 bits per heavy atom. The number of methoxy groups -OCH3 is 1. The summed E-state index contributed by atoms with van der Waals surface area (Å²) >= 11 is 5.91. The normalized spacial score (nSPS) is 11.0.